The molecule has 0 heterocycles. The summed E-state index contributed by atoms with van der Waals surface area (Å²) in [7, 11) is -2.98. The van der Waals surface area contributed by atoms with E-state index in [0.717, 1.165) is 9.87 Å². The van der Waals surface area contributed by atoms with E-state index in [4.69, 9.17) is 21.5 Å². The highest BCUT2D eigenvalue weighted by Crippen LogP contribution is 2.36. The lowest BCUT2D eigenvalue weighted by Crippen LogP contribution is -2.37. The number of nitrogens with zero attached hydrogens (tertiary/aromatic N) is 1. The highest BCUT2D eigenvalue weighted by molar-refractivity contribution is 7.90. The second-order valence-electron chi connectivity index (χ2n) is 6.24. The summed E-state index contributed by atoms with van der Waals surface area (Å²) in [6, 6.07) is 21.0. The average Bonchev–Trinajstić information content (AvgIpc) is 2.72. The number of hydrogen-bond acceptors (Lipinski definition) is 4. The maximum absolute atomic E-state index is 12.5. The number of hydrogen-bond donors (Lipinski definition) is 1. The van der Waals surface area contributed by atoms with Crippen molar-refractivity contribution in [1.29, 1.82) is 0 Å². The van der Waals surface area contributed by atoms with Crippen molar-refractivity contribution in [3.63, 3.8) is 0 Å². The van der Waals surface area contributed by atoms with Gasteiger partial charge in [-0.25, -0.2) is 9.93 Å². The highest BCUT2D eigenvalue weighted by Gasteiger charge is 2.26. The molecule has 150 valence electrons. The second-order valence-corrected chi connectivity index (χ2v) is 8.12. The summed E-state index contributed by atoms with van der Waals surface area (Å²) < 4.78 is 30.6. The zero-order valence-electron chi connectivity index (χ0n) is 15.6. The number of anilines is 1. The Bertz CT molecular complexity index is 1120. The lowest BCUT2D eigenvalue weighted by molar-refractivity contribution is 0.0601. The van der Waals surface area contributed by atoms with Crippen LogP contribution >= 0.6 is 11.6 Å². The second kappa shape index (κ2) is 8.65. The molecule has 0 aromatic heterocycles. The molecule has 0 aliphatic rings. The predicted molar refractivity (Wildman–Crippen MR) is 114 cm³/mol. The van der Waals surface area contributed by atoms with Crippen LogP contribution in [0.1, 0.15) is 15.9 Å². The Labute approximate surface area is 174 Å². The van der Waals surface area contributed by atoms with Crippen LogP contribution in [0.3, 0.4) is 0 Å². The summed E-state index contributed by atoms with van der Waals surface area (Å²) in [4.78, 5) is 12.5. The zero-order valence-corrected chi connectivity index (χ0v) is 17.2. The number of methoxy groups -OCH3 is 1. The van der Waals surface area contributed by atoms with Gasteiger partial charge in [-0.1, -0.05) is 72.3 Å². The van der Waals surface area contributed by atoms with Crippen LogP contribution in [0.5, 0.6) is 0 Å². The number of ether oxygens (including phenoxy) is 1. The summed E-state index contributed by atoms with van der Waals surface area (Å²) in [6.45, 7) is -0.0648. The molecule has 0 spiro atoms. The van der Waals surface area contributed by atoms with Crippen molar-refractivity contribution in [1.82, 2.24) is 0 Å². The first-order valence-corrected chi connectivity index (χ1v) is 10.5. The van der Waals surface area contributed by atoms with E-state index in [2.05, 4.69) is 0 Å². The third-order valence-electron chi connectivity index (χ3n) is 4.32. The van der Waals surface area contributed by atoms with Gasteiger partial charge in [0, 0.05) is 5.56 Å². The SMILES string of the molecule is COC(=O)c1cc(-c2ccccc2)c(Cl)cc1N(Cc1ccccc1)S(N)(=O)=O. The van der Waals surface area contributed by atoms with Gasteiger partial charge in [0.2, 0.25) is 0 Å². The topological polar surface area (TPSA) is 89.7 Å². The lowest BCUT2D eigenvalue weighted by atomic mass is 10.0. The molecule has 8 heteroatoms. The summed E-state index contributed by atoms with van der Waals surface area (Å²) in [5.74, 6) is -0.699. The number of benzene rings is 3. The van der Waals surface area contributed by atoms with E-state index in [1.807, 2.05) is 36.4 Å². The Balaban J connectivity index is 2.19. The normalized spacial score (nSPS) is 11.1. The van der Waals surface area contributed by atoms with Gasteiger partial charge in [0.05, 0.1) is 29.9 Å². The van der Waals surface area contributed by atoms with Gasteiger partial charge in [-0.15, -0.1) is 0 Å². The molecule has 6 nitrogen and oxygen atoms in total. The minimum atomic E-state index is -4.21. The fourth-order valence-electron chi connectivity index (χ4n) is 2.94. The zero-order chi connectivity index (χ0) is 21.0. The van der Waals surface area contributed by atoms with Crippen molar-refractivity contribution >= 4 is 33.5 Å². The number of carbonyl (C=O) groups is 1. The van der Waals surface area contributed by atoms with Crippen molar-refractivity contribution < 1.29 is 17.9 Å². The van der Waals surface area contributed by atoms with Crippen molar-refractivity contribution in [3.8, 4) is 11.1 Å². The Kier molecular flexibility index (Phi) is 6.22. The smallest absolute Gasteiger partial charge is 0.340 e. The maximum atomic E-state index is 12.5. The maximum Gasteiger partial charge on any atom is 0.340 e. The Morgan fingerprint density at radius 2 is 1.62 bits per heavy atom. The summed E-state index contributed by atoms with van der Waals surface area (Å²) in [6.07, 6.45) is 0. The van der Waals surface area contributed by atoms with Gasteiger partial charge in [-0.3, -0.25) is 4.31 Å². The van der Waals surface area contributed by atoms with Gasteiger partial charge in [0.15, 0.2) is 0 Å². The van der Waals surface area contributed by atoms with Crippen molar-refractivity contribution in [2.24, 2.45) is 5.14 Å². The van der Waals surface area contributed by atoms with Crippen LogP contribution in [0, 0.1) is 0 Å². The highest BCUT2D eigenvalue weighted by atomic mass is 35.5. The van der Waals surface area contributed by atoms with E-state index in [9.17, 15) is 13.2 Å². The van der Waals surface area contributed by atoms with E-state index < -0.39 is 16.2 Å². The molecule has 0 saturated heterocycles. The molecule has 0 aliphatic carbocycles. The Morgan fingerprint density at radius 3 is 2.17 bits per heavy atom. The monoisotopic (exact) mass is 430 g/mol. The quantitative estimate of drug-likeness (QED) is 0.598. The first-order valence-electron chi connectivity index (χ1n) is 8.63. The van der Waals surface area contributed by atoms with E-state index in [-0.39, 0.29) is 22.8 Å². The Hall–Kier alpha value is -2.87. The fourth-order valence-corrected chi connectivity index (χ4v) is 3.96. The summed E-state index contributed by atoms with van der Waals surface area (Å²) in [5, 5.41) is 5.75. The summed E-state index contributed by atoms with van der Waals surface area (Å²) >= 11 is 6.47. The third-order valence-corrected chi connectivity index (χ3v) is 5.57. The number of esters is 1. The van der Waals surface area contributed by atoms with Gasteiger partial charge in [-0.2, -0.15) is 8.42 Å². The standard InChI is InChI=1S/C21H19ClN2O4S/c1-28-21(25)18-12-17(16-10-6-3-7-11-16)19(22)13-20(18)24(29(23,26)27)14-15-8-4-2-5-9-15/h2-13H,14H2,1H3,(H2,23,26,27). The van der Waals surface area contributed by atoms with Gasteiger partial charge < -0.3 is 4.74 Å². The minimum absolute atomic E-state index is 0.0423. The van der Waals surface area contributed by atoms with E-state index in [1.165, 1.54) is 19.2 Å². The minimum Gasteiger partial charge on any atom is -0.465 e. The molecule has 3 rings (SSSR count). The molecule has 0 saturated carbocycles. The number of carbonyl (C=O) groups excluding carboxylic acids is 1. The molecule has 29 heavy (non-hydrogen) atoms. The molecule has 0 amide bonds. The molecule has 2 N–H and O–H groups in total. The molecule has 0 atom stereocenters. The van der Waals surface area contributed by atoms with Gasteiger partial charge in [0.25, 0.3) is 10.2 Å². The van der Waals surface area contributed by atoms with E-state index >= 15 is 0 Å². The fraction of sp³-hybridized carbons (Fsp3) is 0.0952. The molecule has 3 aromatic carbocycles. The first kappa shape index (κ1) is 20.9. The molecule has 0 fully saturated rings. The first-order chi connectivity index (χ1) is 13.8. The molecule has 0 aliphatic heterocycles. The molecule has 0 bridgehead atoms. The van der Waals surface area contributed by atoms with Crippen LogP contribution in [-0.2, 0) is 21.5 Å². The molecular weight excluding hydrogens is 412 g/mol. The lowest BCUT2D eigenvalue weighted by Gasteiger charge is -2.25. The predicted octanol–water partition coefficient (Wildman–Crippen LogP) is 4.00. The largest absolute Gasteiger partial charge is 0.465 e. The Morgan fingerprint density at radius 1 is 1.03 bits per heavy atom. The van der Waals surface area contributed by atoms with Crippen LogP contribution in [0.25, 0.3) is 11.1 Å². The number of nitrogens with two attached hydrogens (primary N) is 1. The van der Waals surface area contributed by atoms with Crippen LogP contribution in [0.2, 0.25) is 5.02 Å². The molecule has 0 radical (unpaired) electrons. The molecule has 3 aromatic rings. The van der Waals surface area contributed by atoms with Gasteiger partial charge in [-0.05, 0) is 23.3 Å². The van der Waals surface area contributed by atoms with E-state index in [0.29, 0.717) is 11.1 Å². The van der Waals surface area contributed by atoms with Crippen molar-refractivity contribution in [2.75, 3.05) is 11.4 Å². The van der Waals surface area contributed by atoms with E-state index in [1.54, 1.807) is 24.3 Å². The molecular formula is C21H19ClN2O4S. The van der Waals surface area contributed by atoms with Crippen molar-refractivity contribution in [2.45, 2.75) is 6.54 Å². The number of halogens is 1. The van der Waals surface area contributed by atoms with Crippen molar-refractivity contribution in [3.05, 3.63) is 88.9 Å². The van der Waals surface area contributed by atoms with Crippen LogP contribution < -0.4 is 9.44 Å². The van der Waals surface area contributed by atoms with Crippen LogP contribution in [0.15, 0.2) is 72.8 Å². The summed E-state index contributed by atoms with van der Waals surface area (Å²) in [5.41, 5.74) is 2.14. The molecule has 0 unspecified atom stereocenters. The average molecular weight is 431 g/mol. The van der Waals surface area contributed by atoms with Crippen LogP contribution in [-0.4, -0.2) is 21.5 Å². The van der Waals surface area contributed by atoms with Gasteiger partial charge >= 0.3 is 5.97 Å². The third kappa shape index (κ3) is 4.76. The number of rotatable bonds is 6. The van der Waals surface area contributed by atoms with Crippen LogP contribution in [0.4, 0.5) is 5.69 Å². The van der Waals surface area contributed by atoms with Gasteiger partial charge in [0.1, 0.15) is 0 Å².